The Morgan fingerprint density at radius 2 is 1.69 bits per heavy atom. The molecule has 124 valence electrons. The SMILES string of the molecule is N#Cc1ccccc1N=Nc1c(-c2ccccc2)nc2ccc(Cl)cn12. The number of halogens is 1. The molecule has 2 aromatic carbocycles. The van der Waals surface area contributed by atoms with Crippen molar-refractivity contribution in [3.05, 3.63) is 83.5 Å². The molecule has 5 nitrogen and oxygen atoms in total. The van der Waals surface area contributed by atoms with E-state index in [4.69, 9.17) is 11.6 Å². The molecule has 2 aromatic heterocycles. The summed E-state index contributed by atoms with van der Waals surface area (Å²) in [6.07, 6.45) is 1.75. The van der Waals surface area contributed by atoms with Gasteiger partial charge in [0.25, 0.3) is 0 Å². The molecule has 0 saturated carbocycles. The van der Waals surface area contributed by atoms with Gasteiger partial charge < -0.3 is 0 Å². The summed E-state index contributed by atoms with van der Waals surface area (Å²) in [4.78, 5) is 4.66. The third-order valence-electron chi connectivity index (χ3n) is 3.88. The Morgan fingerprint density at radius 1 is 0.923 bits per heavy atom. The molecule has 4 rings (SSSR count). The Morgan fingerprint density at radius 3 is 2.50 bits per heavy atom. The zero-order valence-corrected chi connectivity index (χ0v) is 14.3. The predicted molar refractivity (Wildman–Crippen MR) is 101 cm³/mol. The van der Waals surface area contributed by atoms with Crippen LogP contribution in [0.3, 0.4) is 0 Å². The highest BCUT2D eigenvalue weighted by atomic mass is 35.5. The monoisotopic (exact) mass is 357 g/mol. The predicted octanol–water partition coefficient (Wildman–Crippen LogP) is 5.94. The van der Waals surface area contributed by atoms with Gasteiger partial charge in [0.1, 0.15) is 23.1 Å². The van der Waals surface area contributed by atoms with Crippen molar-refractivity contribution < 1.29 is 0 Å². The lowest BCUT2D eigenvalue weighted by atomic mass is 10.1. The van der Waals surface area contributed by atoms with Crippen LogP contribution in [-0.4, -0.2) is 9.38 Å². The summed E-state index contributed by atoms with van der Waals surface area (Å²) in [5, 5.41) is 18.5. The Labute approximate surface area is 154 Å². The van der Waals surface area contributed by atoms with Crippen LogP contribution in [0.5, 0.6) is 0 Å². The maximum atomic E-state index is 9.23. The first-order valence-corrected chi connectivity index (χ1v) is 8.28. The van der Waals surface area contributed by atoms with Crippen molar-refractivity contribution in [2.45, 2.75) is 0 Å². The van der Waals surface area contributed by atoms with Crippen LogP contribution in [0, 0.1) is 11.3 Å². The molecule has 0 N–H and O–H groups in total. The minimum atomic E-state index is 0.462. The largest absolute Gasteiger partial charge is 0.281 e. The fourth-order valence-electron chi connectivity index (χ4n) is 2.65. The molecule has 0 saturated heterocycles. The van der Waals surface area contributed by atoms with Crippen molar-refractivity contribution in [1.82, 2.24) is 9.38 Å². The van der Waals surface area contributed by atoms with Gasteiger partial charge in [-0.3, -0.25) is 4.40 Å². The van der Waals surface area contributed by atoms with Crippen molar-refractivity contribution in [3.63, 3.8) is 0 Å². The Bertz CT molecular complexity index is 1160. The number of hydrogen-bond acceptors (Lipinski definition) is 4. The number of azo groups is 1. The van der Waals surface area contributed by atoms with Crippen LogP contribution >= 0.6 is 11.6 Å². The topological polar surface area (TPSA) is 65.8 Å². The number of aromatic nitrogens is 2. The first kappa shape index (κ1) is 16.0. The van der Waals surface area contributed by atoms with Crippen LogP contribution in [-0.2, 0) is 0 Å². The molecule has 0 spiro atoms. The second-order valence-corrected chi connectivity index (χ2v) is 5.99. The van der Waals surface area contributed by atoms with E-state index in [1.165, 1.54) is 0 Å². The lowest BCUT2D eigenvalue weighted by Crippen LogP contribution is -1.83. The van der Waals surface area contributed by atoms with Crippen molar-refractivity contribution in [2.24, 2.45) is 10.2 Å². The third kappa shape index (κ3) is 2.94. The fraction of sp³-hybridized carbons (Fsp3) is 0. The molecule has 0 amide bonds. The molecule has 2 heterocycles. The quantitative estimate of drug-likeness (QED) is 0.426. The normalized spacial score (nSPS) is 11.1. The summed E-state index contributed by atoms with van der Waals surface area (Å²) in [6, 6.07) is 22.6. The van der Waals surface area contributed by atoms with Gasteiger partial charge in [-0.15, -0.1) is 10.2 Å². The summed E-state index contributed by atoms with van der Waals surface area (Å²) < 4.78 is 1.79. The Balaban J connectivity index is 1.91. The fourth-order valence-corrected chi connectivity index (χ4v) is 2.81. The van der Waals surface area contributed by atoms with Crippen LogP contribution in [0.25, 0.3) is 16.9 Å². The van der Waals surface area contributed by atoms with E-state index in [2.05, 4.69) is 21.3 Å². The average Bonchev–Trinajstić information content (AvgIpc) is 3.05. The minimum Gasteiger partial charge on any atom is -0.281 e. The van der Waals surface area contributed by atoms with Gasteiger partial charge in [0.2, 0.25) is 0 Å². The summed E-state index contributed by atoms with van der Waals surface area (Å²) in [6.45, 7) is 0. The van der Waals surface area contributed by atoms with E-state index < -0.39 is 0 Å². The number of rotatable bonds is 3. The molecule has 0 bridgehead atoms. The molecule has 0 fully saturated rings. The van der Waals surface area contributed by atoms with E-state index in [1.54, 1.807) is 34.9 Å². The molecule has 0 atom stereocenters. The van der Waals surface area contributed by atoms with Gasteiger partial charge in [0.15, 0.2) is 5.82 Å². The van der Waals surface area contributed by atoms with Crippen molar-refractivity contribution in [1.29, 1.82) is 5.26 Å². The first-order valence-electron chi connectivity index (χ1n) is 7.90. The highest BCUT2D eigenvalue weighted by Crippen LogP contribution is 2.33. The molecule has 0 unspecified atom stereocenters. The van der Waals surface area contributed by atoms with Gasteiger partial charge >= 0.3 is 0 Å². The second kappa shape index (κ2) is 6.79. The lowest BCUT2D eigenvalue weighted by molar-refractivity contribution is 1.10. The van der Waals surface area contributed by atoms with E-state index in [0.717, 1.165) is 11.2 Å². The van der Waals surface area contributed by atoms with E-state index in [-0.39, 0.29) is 0 Å². The van der Waals surface area contributed by atoms with Gasteiger partial charge in [-0.25, -0.2) is 4.98 Å². The summed E-state index contributed by atoms with van der Waals surface area (Å²) in [5.74, 6) is 0.557. The number of fused-ring (bicyclic) bond motifs is 1. The molecule has 4 aromatic rings. The van der Waals surface area contributed by atoms with Crippen LogP contribution in [0.2, 0.25) is 5.02 Å². The van der Waals surface area contributed by atoms with Gasteiger partial charge in [-0.1, -0.05) is 54.1 Å². The van der Waals surface area contributed by atoms with Crippen LogP contribution in [0.1, 0.15) is 5.56 Å². The highest BCUT2D eigenvalue weighted by molar-refractivity contribution is 6.30. The third-order valence-corrected chi connectivity index (χ3v) is 4.10. The van der Waals surface area contributed by atoms with E-state index in [0.29, 0.717) is 27.8 Å². The molecule has 26 heavy (non-hydrogen) atoms. The van der Waals surface area contributed by atoms with E-state index in [9.17, 15) is 5.26 Å². The number of benzene rings is 2. The summed E-state index contributed by atoms with van der Waals surface area (Å²) >= 11 is 6.15. The molecule has 0 aliphatic heterocycles. The Kier molecular flexibility index (Phi) is 4.18. The molecular formula is C20H12ClN5. The van der Waals surface area contributed by atoms with E-state index >= 15 is 0 Å². The van der Waals surface area contributed by atoms with Crippen molar-refractivity contribution >= 4 is 28.8 Å². The highest BCUT2D eigenvalue weighted by Gasteiger charge is 2.14. The summed E-state index contributed by atoms with van der Waals surface area (Å²) in [5.41, 5.74) is 3.31. The van der Waals surface area contributed by atoms with Crippen molar-refractivity contribution in [2.75, 3.05) is 0 Å². The summed E-state index contributed by atoms with van der Waals surface area (Å²) in [7, 11) is 0. The number of nitrogens with zero attached hydrogens (tertiary/aromatic N) is 5. The van der Waals surface area contributed by atoms with Crippen LogP contribution in [0.15, 0.2) is 83.2 Å². The standard InChI is InChI=1S/C20H12ClN5/c21-16-10-11-18-23-19(14-6-2-1-3-7-14)20(26(18)13-16)25-24-17-9-5-4-8-15(17)12-22/h1-11,13H. The number of imidazole rings is 1. The van der Waals surface area contributed by atoms with Gasteiger partial charge in [0, 0.05) is 11.8 Å². The van der Waals surface area contributed by atoms with Gasteiger partial charge in [-0.05, 0) is 24.3 Å². The second-order valence-electron chi connectivity index (χ2n) is 5.55. The zero-order valence-electron chi connectivity index (χ0n) is 13.5. The molecule has 0 aliphatic rings. The number of nitriles is 1. The van der Waals surface area contributed by atoms with Crippen molar-refractivity contribution in [3.8, 4) is 17.3 Å². The maximum absolute atomic E-state index is 9.23. The first-order chi connectivity index (χ1) is 12.8. The van der Waals surface area contributed by atoms with Crippen LogP contribution < -0.4 is 0 Å². The molecular weight excluding hydrogens is 346 g/mol. The molecule has 0 aliphatic carbocycles. The smallest absolute Gasteiger partial charge is 0.187 e. The minimum absolute atomic E-state index is 0.462. The lowest BCUT2D eigenvalue weighted by Gasteiger charge is -2.00. The van der Waals surface area contributed by atoms with Crippen LogP contribution in [0.4, 0.5) is 11.5 Å². The van der Waals surface area contributed by atoms with Gasteiger partial charge in [-0.2, -0.15) is 5.26 Å². The number of hydrogen-bond donors (Lipinski definition) is 0. The maximum Gasteiger partial charge on any atom is 0.187 e. The molecule has 6 heteroatoms. The average molecular weight is 358 g/mol. The Hall–Kier alpha value is -3.49. The molecule has 0 radical (unpaired) electrons. The zero-order chi connectivity index (χ0) is 17.9. The van der Waals surface area contributed by atoms with Gasteiger partial charge in [0.05, 0.1) is 10.6 Å². The van der Waals surface area contributed by atoms with E-state index in [1.807, 2.05) is 42.5 Å². The number of pyridine rings is 1.